The highest BCUT2D eigenvalue weighted by Crippen LogP contribution is 2.23. The van der Waals surface area contributed by atoms with Crippen molar-refractivity contribution in [1.82, 2.24) is 0 Å². The average molecular weight is 335 g/mol. The Morgan fingerprint density at radius 2 is 1.90 bits per heavy atom. The fourth-order valence-electron chi connectivity index (χ4n) is 2.06. The molecule has 0 aliphatic heterocycles. The number of rotatable bonds is 6. The Morgan fingerprint density at radius 3 is 2.60 bits per heavy atom. The van der Waals surface area contributed by atoms with Crippen LogP contribution in [0.2, 0.25) is 0 Å². The Kier molecular flexibility index (Phi) is 5.62. The molecule has 0 saturated heterocycles. The molecule has 0 heterocycles. The lowest BCUT2D eigenvalue weighted by atomic mass is 10.1. The highest BCUT2D eigenvalue weighted by atomic mass is 79.9. The third-order valence-corrected chi connectivity index (χ3v) is 3.73. The second-order valence-electron chi connectivity index (χ2n) is 4.72. The minimum Gasteiger partial charge on any atom is -0.497 e. The first-order chi connectivity index (χ1) is 9.72. The van der Waals surface area contributed by atoms with Gasteiger partial charge in [0.15, 0.2) is 0 Å². The van der Waals surface area contributed by atoms with E-state index >= 15 is 0 Å². The summed E-state index contributed by atoms with van der Waals surface area (Å²) in [6.07, 6.45) is 0.0566. The quantitative estimate of drug-likeness (QED) is 0.715. The summed E-state index contributed by atoms with van der Waals surface area (Å²) in [4.78, 5) is 0. The number of ether oxygens (including phenoxy) is 2. The van der Waals surface area contributed by atoms with Gasteiger partial charge in [0.25, 0.3) is 0 Å². The van der Waals surface area contributed by atoms with Crippen LogP contribution >= 0.6 is 15.9 Å². The van der Waals surface area contributed by atoms with E-state index in [0.29, 0.717) is 6.61 Å². The van der Waals surface area contributed by atoms with Gasteiger partial charge in [0, 0.05) is 5.33 Å². The lowest BCUT2D eigenvalue weighted by Gasteiger charge is -2.16. The van der Waals surface area contributed by atoms with E-state index in [2.05, 4.69) is 47.1 Å². The molecule has 106 valence electrons. The second-order valence-corrected chi connectivity index (χ2v) is 5.37. The van der Waals surface area contributed by atoms with Gasteiger partial charge in [-0.1, -0.05) is 57.9 Å². The van der Waals surface area contributed by atoms with Gasteiger partial charge in [-0.2, -0.15) is 0 Å². The summed E-state index contributed by atoms with van der Waals surface area (Å²) in [7, 11) is 1.67. The third-order valence-electron chi connectivity index (χ3n) is 3.14. The monoisotopic (exact) mass is 334 g/mol. The second kappa shape index (κ2) is 7.46. The first-order valence-electron chi connectivity index (χ1n) is 6.60. The molecule has 20 heavy (non-hydrogen) atoms. The summed E-state index contributed by atoms with van der Waals surface area (Å²) in [6.45, 7) is 2.66. The van der Waals surface area contributed by atoms with Crippen LogP contribution in [0, 0.1) is 6.92 Å². The molecule has 2 aromatic carbocycles. The molecule has 1 atom stereocenters. The minimum absolute atomic E-state index is 0.0566. The zero-order chi connectivity index (χ0) is 14.4. The Bertz CT molecular complexity index is 554. The van der Waals surface area contributed by atoms with Crippen molar-refractivity contribution in [3.8, 4) is 5.75 Å². The number of benzene rings is 2. The maximum absolute atomic E-state index is 6.02. The fraction of sp³-hybridized carbons (Fsp3) is 0.294. The van der Waals surface area contributed by atoms with Gasteiger partial charge in [-0.25, -0.2) is 0 Å². The van der Waals surface area contributed by atoms with E-state index in [1.807, 2.05) is 24.3 Å². The number of hydrogen-bond acceptors (Lipinski definition) is 2. The zero-order valence-corrected chi connectivity index (χ0v) is 13.4. The van der Waals surface area contributed by atoms with Gasteiger partial charge in [-0.15, -0.1) is 0 Å². The van der Waals surface area contributed by atoms with Crippen molar-refractivity contribution >= 4 is 15.9 Å². The molecule has 2 nitrogen and oxygen atoms in total. The maximum atomic E-state index is 6.02. The molecule has 2 aromatic rings. The Hall–Kier alpha value is -1.32. The van der Waals surface area contributed by atoms with Crippen LogP contribution in [0.3, 0.4) is 0 Å². The summed E-state index contributed by atoms with van der Waals surface area (Å²) >= 11 is 3.53. The number of methoxy groups -OCH3 is 1. The molecule has 1 unspecified atom stereocenters. The highest BCUT2D eigenvalue weighted by molar-refractivity contribution is 9.09. The first kappa shape index (κ1) is 15.1. The molecule has 2 rings (SSSR count). The van der Waals surface area contributed by atoms with Gasteiger partial charge >= 0.3 is 0 Å². The van der Waals surface area contributed by atoms with E-state index in [1.54, 1.807) is 7.11 Å². The molecule has 0 aliphatic carbocycles. The van der Waals surface area contributed by atoms with Crippen LogP contribution in [0.5, 0.6) is 5.75 Å². The van der Waals surface area contributed by atoms with Gasteiger partial charge < -0.3 is 9.47 Å². The van der Waals surface area contributed by atoms with Crippen molar-refractivity contribution in [2.75, 3.05) is 12.4 Å². The van der Waals surface area contributed by atoms with Crippen LogP contribution in [0.4, 0.5) is 0 Å². The lowest BCUT2D eigenvalue weighted by Crippen LogP contribution is -2.06. The van der Waals surface area contributed by atoms with Crippen molar-refractivity contribution in [3.63, 3.8) is 0 Å². The minimum atomic E-state index is 0.0566. The van der Waals surface area contributed by atoms with Crippen molar-refractivity contribution in [2.24, 2.45) is 0 Å². The summed E-state index contributed by atoms with van der Waals surface area (Å²) in [6, 6.07) is 16.4. The van der Waals surface area contributed by atoms with E-state index in [4.69, 9.17) is 9.47 Å². The Balaban J connectivity index is 2.03. The van der Waals surface area contributed by atoms with Gasteiger partial charge in [0.2, 0.25) is 0 Å². The topological polar surface area (TPSA) is 18.5 Å². The third kappa shape index (κ3) is 4.09. The Labute approximate surface area is 128 Å². The molecular weight excluding hydrogens is 316 g/mol. The van der Waals surface area contributed by atoms with E-state index in [9.17, 15) is 0 Å². The molecule has 0 aliphatic rings. The van der Waals surface area contributed by atoms with Crippen LogP contribution in [0.15, 0.2) is 48.5 Å². The zero-order valence-electron chi connectivity index (χ0n) is 11.8. The average Bonchev–Trinajstić information content (AvgIpc) is 2.48. The van der Waals surface area contributed by atoms with E-state index in [1.165, 1.54) is 11.1 Å². The molecule has 0 aromatic heterocycles. The largest absolute Gasteiger partial charge is 0.497 e. The molecule has 0 amide bonds. The summed E-state index contributed by atoms with van der Waals surface area (Å²) < 4.78 is 11.2. The van der Waals surface area contributed by atoms with Gasteiger partial charge in [-0.3, -0.25) is 0 Å². The van der Waals surface area contributed by atoms with Crippen molar-refractivity contribution in [3.05, 3.63) is 65.2 Å². The van der Waals surface area contributed by atoms with Crippen molar-refractivity contribution in [1.29, 1.82) is 0 Å². The molecule has 0 fully saturated rings. The highest BCUT2D eigenvalue weighted by Gasteiger charge is 2.11. The predicted molar refractivity (Wildman–Crippen MR) is 85.5 cm³/mol. The number of alkyl halides is 1. The lowest BCUT2D eigenvalue weighted by molar-refractivity contribution is 0.0564. The van der Waals surface area contributed by atoms with Crippen LogP contribution in [0.25, 0.3) is 0 Å². The van der Waals surface area contributed by atoms with Crippen LogP contribution < -0.4 is 4.74 Å². The Morgan fingerprint density at radius 1 is 1.10 bits per heavy atom. The number of aryl methyl sites for hydroxylation is 1. The summed E-state index contributed by atoms with van der Waals surface area (Å²) in [5.74, 6) is 0.858. The predicted octanol–water partition coefficient (Wildman–Crippen LogP) is 4.66. The molecule has 3 heteroatoms. The SMILES string of the molecule is COc1cccc(COC(CBr)c2cccc(C)c2)c1. The smallest absolute Gasteiger partial charge is 0.119 e. The molecule has 0 spiro atoms. The summed E-state index contributed by atoms with van der Waals surface area (Å²) in [5, 5.41) is 0.778. The standard InChI is InChI=1S/C17H19BrO2/c1-13-5-3-7-15(9-13)17(11-18)20-12-14-6-4-8-16(10-14)19-2/h3-10,17H,11-12H2,1-2H3. The van der Waals surface area contributed by atoms with E-state index < -0.39 is 0 Å². The normalized spacial score (nSPS) is 12.2. The van der Waals surface area contributed by atoms with E-state index in [0.717, 1.165) is 16.6 Å². The molecule has 0 bridgehead atoms. The van der Waals surface area contributed by atoms with Crippen molar-refractivity contribution in [2.45, 2.75) is 19.6 Å². The van der Waals surface area contributed by atoms with Crippen LogP contribution in [-0.4, -0.2) is 12.4 Å². The van der Waals surface area contributed by atoms with Gasteiger partial charge in [0.1, 0.15) is 5.75 Å². The van der Waals surface area contributed by atoms with Crippen LogP contribution in [0.1, 0.15) is 22.8 Å². The van der Waals surface area contributed by atoms with E-state index in [-0.39, 0.29) is 6.10 Å². The van der Waals surface area contributed by atoms with Crippen molar-refractivity contribution < 1.29 is 9.47 Å². The van der Waals surface area contributed by atoms with Gasteiger partial charge in [0.05, 0.1) is 19.8 Å². The number of hydrogen-bond donors (Lipinski definition) is 0. The number of halogens is 1. The molecule has 0 N–H and O–H groups in total. The molecular formula is C17H19BrO2. The maximum Gasteiger partial charge on any atom is 0.119 e. The van der Waals surface area contributed by atoms with Gasteiger partial charge in [-0.05, 0) is 30.2 Å². The molecule has 0 saturated carbocycles. The molecule has 0 radical (unpaired) electrons. The first-order valence-corrected chi connectivity index (χ1v) is 7.72. The van der Waals surface area contributed by atoms with Crippen LogP contribution in [-0.2, 0) is 11.3 Å². The fourth-order valence-corrected chi connectivity index (χ4v) is 2.62. The summed E-state index contributed by atoms with van der Waals surface area (Å²) in [5.41, 5.74) is 3.56.